The molecule has 3 heteroatoms. The van der Waals surface area contributed by atoms with E-state index in [1.807, 2.05) is 24.3 Å². The second-order valence-electron chi connectivity index (χ2n) is 7.13. The molecule has 0 amide bonds. The van der Waals surface area contributed by atoms with Crippen molar-refractivity contribution in [1.82, 2.24) is 4.90 Å². The molecule has 3 atom stereocenters. The number of hydrogen-bond acceptors (Lipinski definition) is 2. The molecule has 0 aromatic heterocycles. The van der Waals surface area contributed by atoms with E-state index in [9.17, 15) is 0 Å². The van der Waals surface area contributed by atoms with Crippen LogP contribution >= 0.6 is 11.6 Å². The van der Waals surface area contributed by atoms with Crippen LogP contribution in [0.15, 0.2) is 54.6 Å². The minimum atomic E-state index is -0.0438. The standard InChI is InChI=1S/C21H24ClNO/c1-23-18-10-11-19(23)14-20(13-18)24-21(15-6-3-2-4-7-15)16-8-5-9-17(22)12-16/h2-9,12,18-21H,10-11,13-14H2,1H3. The van der Waals surface area contributed by atoms with Gasteiger partial charge in [0.05, 0.1) is 6.10 Å². The van der Waals surface area contributed by atoms with Crippen LogP contribution in [-0.4, -0.2) is 30.1 Å². The molecule has 2 nitrogen and oxygen atoms in total. The van der Waals surface area contributed by atoms with E-state index >= 15 is 0 Å². The van der Waals surface area contributed by atoms with Gasteiger partial charge in [0.15, 0.2) is 0 Å². The van der Waals surface area contributed by atoms with Gasteiger partial charge < -0.3 is 9.64 Å². The van der Waals surface area contributed by atoms with Crippen molar-refractivity contribution in [3.8, 4) is 0 Å². The molecule has 0 saturated carbocycles. The van der Waals surface area contributed by atoms with Crippen molar-refractivity contribution < 1.29 is 4.74 Å². The molecule has 0 N–H and O–H groups in total. The lowest BCUT2D eigenvalue weighted by molar-refractivity contribution is -0.0426. The maximum atomic E-state index is 6.66. The highest BCUT2D eigenvalue weighted by Crippen LogP contribution is 2.38. The predicted molar refractivity (Wildman–Crippen MR) is 98.4 cm³/mol. The number of halogens is 1. The summed E-state index contributed by atoms with van der Waals surface area (Å²) >= 11 is 6.23. The van der Waals surface area contributed by atoms with Crippen LogP contribution in [-0.2, 0) is 4.74 Å². The van der Waals surface area contributed by atoms with Crippen LogP contribution in [0.25, 0.3) is 0 Å². The van der Waals surface area contributed by atoms with E-state index in [4.69, 9.17) is 16.3 Å². The van der Waals surface area contributed by atoms with Gasteiger partial charge in [0.1, 0.15) is 6.10 Å². The van der Waals surface area contributed by atoms with Crippen molar-refractivity contribution in [2.24, 2.45) is 0 Å². The highest BCUT2D eigenvalue weighted by Gasteiger charge is 2.39. The summed E-state index contributed by atoms with van der Waals surface area (Å²) in [7, 11) is 2.27. The van der Waals surface area contributed by atoms with Gasteiger partial charge in [-0.2, -0.15) is 0 Å². The third-order valence-electron chi connectivity index (χ3n) is 5.64. The van der Waals surface area contributed by atoms with Gasteiger partial charge in [-0.05, 0) is 56.0 Å². The Morgan fingerprint density at radius 1 is 0.958 bits per heavy atom. The van der Waals surface area contributed by atoms with Crippen LogP contribution in [0.3, 0.4) is 0 Å². The van der Waals surface area contributed by atoms with Crippen LogP contribution in [0.2, 0.25) is 5.02 Å². The molecule has 2 fully saturated rings. The van der Waals surface area contributed by atoms with Crippen molar-refractivity contribution in [2.75, 3.05) is 7.05 Å². The Bertz CT molecular complexity index is 675. The zero-order valence-electron chi connectivity index (χ0n) is 14.1. The summed E-state index contributed by atoms with van der Waals surface area (Å²) in [6, 6.07) is 19.9. The first kappa shape index (κ1) is 16.1. The summed E-state index contributed by atoms with van der Waals surface area (Å²) in [6.45, 7) is 0. The predicted octanol–water partition coefficient (Wildman–Crippen LogP) is 5.07. The van der Waals surface area contributed by atoms with E-state index in [1.54, 1.807) is 0 Å². The largest absolute Gasteiger partial charge is 0.365 e. The first-order valence-corrected chi connectivity index (χ1v) is 9.26. The van der Waals surface area contributed by atoms with Crippen molar-refractivity contribution in [2.45, 2.75) is 50.0 Å². The monoisotopic (exact) mass is 341 g/mol. The van der Waals surface area contributed by atoms with Gasteiger partial charge in [0, 0.05) is 17.1 Å². The van der Waals surface area contributed by atoms with E-state index in [0.29, 0.717) is 18.2 Å². The second-order valence-corrected chi connectivity index (χ2v) is 7.56. The number of benzene rings is 2. The Kier molecular flexibility index (Phi) is 4.62. The molecule has 4 rings (SSSR count). The lowest BCUT2D eigenvalue weighted by Crippen LogP contribution is -2.43. The zero-order valence-corrected chi connectivity index (χ0v) is 14.8. The van der Waals surface area contributed by atoms with E-state index < -0.39 is 0 Å². The summed E-state index contributed by atoms with van der Waals surface area (Å²) in [4.78, 5) is 2.55. The summed E-state index contributed by atoms with van der Waals surface area (Å²) in [6.07, 6.45) is 5.18. The quantitative estimate of drug-likeness (QED) is 0.769. The molecular formula is C21H24ClNO. The van der Waals surface area contributed by atoms with Crippen molar-refractivity contribution in [3.63, 3.8) is 0 Å². The van der Waals surface area contributed by atoms with Crippen LogP contribution in [0, 0.1) is 0 Å². The molecule has 2 aromatic carbocycles. The molecular weight excluding hydrogens is 318 g/mol. The summed E-state index contributed by atoms with van der Waals surface area (Å²) in [5.74, 6) is 0. The fourth-order valence-electron chi connectivity index (χ4n) is 4.31. The fraction of sp³-hybridized carbons (Fsp3) is 0.429. The molecule has 2 aliphatic heterocycles. The normalized spacial score (nSPS) is 28.0. The van der Waals surface area contributed by atoms with E-state index in [-0.39, 0.29) is 6.10 Å². The van der Waals surface area contributed by atoms with Crippen LogP contribution in [0.4, 0.5) is 0 Å². The van der Waals surface area contributed by atoms with Crippen LogP contribution < -0.4 is 0 Å². The van der Waals surface area contributed by atoms with Crippen molar-refractivity contribution in [1.29, 1.82) is 0 Å². The van der Waals surface area contributed by atoms with Gasteiger partial charge in [0.2, 0.25) is 0 Å². The number of piperidine rings is 1. The van der Waals surface area contributed by atoms with Crippen molar-refractivity contribution in [3.05, 3.63) is 70.7 Å². The van der Waals surface area contributed by atoms with Crippen molar-refractivity contribution >= 4 is 11.6 Å². The molecule has 24 heavy (non-hydrogen) atoms. The molecule has 2 bridgehead atoms. The number of fused-ring (bicyclic) bond motifs is 2. The SMILES string of the molecule is CN1C2CCC1CC(OC(c1ccccc1)c1cccc(Cl)c1)C2. The highest BCUT2D eigenvalue weighted by molar-refractivity contribution is 6.30. The van der Waals surface area contributed by atoms with Gasteiger partial charge in [-0.15, -0.1) is 0 Å². The van der Waals surface area contributed by atoms with Gasteiger partial charge in [-0.3, -0.25) is 0 Å². The maximum Gasteiger partial charge on any atom is 0.108 e. The first-order valence-electron chi connectivity index (χ1n) is 8.88. The number of ether oxygens (including phenoxy) is 1. The van der Waals surface area contributed by atoms with Crippen LogP contribution in [0.1, 0.15) is 42.9 Å². The molecule has 2 aliphatic rings. The number of rotatable bonds is 4. The third-order valence-corrected chi connectivity index (χ3v) is 5.87. The Balaban J connectivity index is 1.59. The van der Waals surface area contributed by atoms with Crippen LogP contribution in [0.5, 0.6) is 0 Å². The second kappa shape index (κ2) is 6.87. The first-order chi connectivity index (χ1) is 11.7. The molecule has 0 aliphatic carbocycles. The third kappa shape index (κ3) is 3.23. The van der Waals surface area contributed by atoms with E-state index in [0.717, 1.165) is 23.4 Å². The Labute approximate surface area is 149 Å². The molecule has 3 unspecified atom stereocenters. The number of hydrogen-bond donors (Lipinski definition) is 0. The summed E-state index contributed by atoms with van der Waals surface area (Å²) in [5, 5.41) is 0.764. The van der Waals surface area contributed by atoms with Gasteiger partial charge in [0.25, 0.3) is 0 Å². The Morgan fingerprint density at radius 3 is 2.29 bits per heavy atom. The molecule has 0 radical (unpaired) electrons. The van der Waals surface area contributed by atoms with Gasteiger partial charge in [-0.1, -0.05) is 54.1 Å². The maximum absolute atomic E-state index is 6.66. The van der Waals surface area contributed by atoms with Gasteiger partial charge >= 0.3 is 0 Å². The lowest BCUT2D eigenvalue weighted by atomic mass is 9.97. The average Bonchev–Trinajstić information content (AvgIpc) is 2.82. The van der Waals surface area contributed by atoms with E-state index in [2.05, 4.69) is 42.3 Å². The molecule has 2 aromatic rings. The molecule has 2 heterocycles. The minimum absolute atomic E-state index is 0.0438. The topological polar surface area (TPSA) is 12.5 Å². The smallest absolute Gasteiger partial charge is 0.108 e. The summed E-state index contributed by atoms with van der Waals surface area (Å²) < 4.78 is 6.66. The molecule has 2 saturated heterocycles. The Morgan fingerprint density at radius 2 is 1.62 bits per heavy atom. The summed E-state index contributed by atoms with van der Waals surface area (Å²) in [5.41, 5.74) is 2.34. The Hall–Kier alpha value is -1.35. The molecule has 126 valence electrons. The average molecular weight is 342 g/mol. The van der Waals surface area contributed by atoms with E-state index in [1.165, 1.54) is 18.4 Å². The lowest BCUT2D eigenvalue weighted by Gasteiger charge is -2.38. The minimum Gasteiger partial charge on any atom is -0.365 e. The zero-order chi connectivity index (χ0) is 16.5. The highest BCUT2D eigenvalue weighted by atomic mass is 35.5. The van der Waals surface area contributed by atoms with Gasteiger partial charge in [-0.25, -0.2) is 0 Å². The molecule has 0 spiro atoms. The fourth-order valence-corrected chi connectivity index (χ4v) is 4.51. The number of nitrogens with zero attached hydrogens (tertiary/aromatic N) is 1.